The lowest BCUT2D eigenvalue weighted by Crippen LogP contribution is -2.37. The van der Waals surface area contributed by atoms with Crippen LogP contribution in [0.3, 0.4) is 0 Å². The maximum Gasteiger partial charge on any atom is 0.509 e. The Kier molecular flexibility index (Phi) is 10.7. The molecule has 0 radical (unpaired) electrons. The summed E-state index contributed by atoms with van der Waals surface area (Å²) in [6.45, 7) is 13.3. The van der Waals surface area contributed by atoms with Crippen molar-refractivity contribution in [3.05, 3.63) is 0 Å². The summed E-state index contributed by atoms with van der Waals surface area (Å²) in [5.74, 6) is -2.56. The molecule has 2 atom stereocenters. The first-order valence-electron chi connectivity index (χ1n) is 9.63. The molecule has 0 aromatic heterocycles. The second-order valence-corrected chi connectivity index (χ2v) is 8.46. The monoisotopic (exact) mass is 418 g/mol. The van der Waals surface area contributed by atoms with Gasteiger partial charge in [0.05, 0.1) is 13.0 Å². The van der Waals surface area contributed by atoms with Gasteiger partial charge in [-0.15, -0.1) is 0 Å². The molecule has 0 bridgehead atoms. The Morgan fingerprint density at radius 2 is 1.38 bits per heavy atom. The summed E-state index contributed by atoms with van der Waals surface area (Å²) in [5, 5.41) is 0. The second-order valence-electron chi connectivity index (χ2n) is 8.46. The van der Waals surface area contributed by atoms with Crippen LogP contribution in [-0.2, 0) is 38.1 Å². The van der Waals surface area contributed by atoms with E-state index in [4.69, 9.17) is 23.7 Å². The Balaban J connectivity index is 4.99. The quantitative estimate of drug-likeness (QED) is 0.316. The summed E-state index contributed by atoms with van der Waals surface area (Å²) in [6, 6.07) is 0. The molecule has 29 heavy (non-hydrogen) atoms. The number of ether oxygens (including phenoxy) is 5. The van der Waals surface area contributed by atoms with Gasteiger partial charge in [-0.05, 0) is 54.9 Å². The van der Waals surface area contributed by atoms with Gasteiger partial charge in [-0.3, -0.25) is 4.79 Å². The van der Waals surface area contributed by atoms with Gasteiger partial charge in [0, 0.05) is 0 Å². The maximum atomic E-state index is 12.2. The lowest BCUT2D eigenvalue weighted by molar-refractivity contribution is -0.177. The van der Waals surface area contributed by atoms with Crippen molar-refractivity contribution in [3.8, 4) is 0 Å². The van der Waals surface area contributed by atoms with E-state index in [1.165, 1.54) is 6.92 Å². The van der Waals surface area contributed by atoms with Gasteiger partial charge < -0.3 is 23.7 Å². The SMILES string of the molecule is CCCCOC(=O)[C@H](CC(=O)O[C@@H](C)C(=O)OC(C)(C)C)OC(=O)OC(C)(C)C. The minimum atomic E-state index is -1.56. The fourth-order valence-corrected chi connectivity index (χ4v) is 1.80. The molecular weight excluding hydrogens is 384 g/mol. The first-order chi connectivity index (χ1) is 13.1. The molecule has 0 amide bonds. The summed E-state index contributed by atoms with van der Waals surface area (Å²) in [6.07, 6.45) is -3.09. The normalized spacial score (nSPS) is 13.7. The highest BCUT2D eigenvalue weighted by atomic mass is 16.7. The molecule has 0 heterocycles. The van der Waals surface area contributed by atoms with E-state index in [1.807, 2.05) is 6.92 Å². The van der Waals surface area contributed by atoms with Gasteiger partial charge in [0.2, 0.25) is 6.10 Å². The molecule has 0 N–H and O–H groups in total. The van der Waals surface area contributed by atoms with E-state index >= 15 is 0 Å². The minimum absolute atomic E-state index is 0.118. The van der Waals surface area contributed by atoms with Gasteiger partial charge in [0.15, 0.2) is 6.10 Å². The standard InChI is InChI=1S/C20H34O9/c1-9-10-11-25-17(23)14(27-18(24)29-20(6,7)8)12-15(21)26-13(2)16(22)28-19(3,4)5/h13-14H,9-12H2,1-8H3/t13-,14-/m0/s1. The van der Waals surface area contributed by atoms with E-state index in [0.29, 0.717) is 6.42 Å². The number of rotatable bonds is 9. The summed E-state index contributed by atoms with van der Waals surface area (Å²) in [4.78, 5) is 48.2. The first kappa shape index (κ1) is 26.7. The predicted octanol–water partition coefficient (Wildman–Crippen LogP) is 3.31. The van der Waals surface area contributed by atoms with E-state index in [2.05, 4.69) is 0 Å². The van der Waals surface area contributed by atoms with Crippen molar-refractivity contribution >= 4 is 24.1 Å². The highest BCUT2D eigenvalue weighted by Gasteiger charge is 2.32. The zero-order valence-corrected chi connectivity index (χ0v) is 18.7. The summed E-state index contributed by atoms with van der Waals surface area (Å²) in [7, 11) is 0. The van der Waals surface area contributed by atoms with Crippen molar-refractivity contribution < 1.29 is 42.9 Å². The van der Waals surface area contributed by atoms with Crippen LogP contribution >= 0.6 is 0 Å². The average molecular weight is 418 g/mol. The molecule has 0 rings (SSSR count). The van der Waals surface area contributed by atoms with Crippen LogP contribution in [0.4, 0.5) is 4.79 Å². The van der Waals surface area contributed by atoms with Gasteiger partial charge in [-0.25, -0.2) is 14.4 Å². The lowest BCUT2D eigenvalue weighted by atomic mass is 10.2. The van der Waals surface area contributed by atoms with Crippen LogP contribution < -0.4 is 0 Å². The van der Waals surface area contributed by atoms with Gasteiger partial charge in [0.25, 0.3) is 0 Å². The molecule has 0 saturated heterocycles. The van der Waals surface area contributed by atoms with E-state index in [1.54, 1.807) is 41.5 Å². The Bertz CT molecular complexity index is 569. The summed E-state index contributed by atoms with van der Waals surface area (Å²) in [5.41, 5.74) is -1.59. The number of esters is 3. The maximum absolute atomic E-state index is 12.2. The van der Waals surface area contributed by atoms with Crippen molar-refractivity contribution in [2.45, 2.75) is 98.1 Å². The van der Waals surface area contributed by atoms with Gasteiger partial charge in [-0.1, -0.05) is 13.3 Å². The van der Waals surface area contributed by atoms with Crippen molar-refractivity contribution in [2.24, 2.45) is 0 Å². The van der Waals surface area contributed by atoms with Crippen molar-refractivity contribution in [2.75, 3.05) is 6.61 Å². The third kappa shape index (κ3) is 13.5. The largest absolute Gasteiger partial charge is 0.509 e. The molecule has 0 aliphatic rings. The molecule has 0 saturated carbocycles. The third-order valence-electron chi connectivity index (χ3n) is 3.03. The number of carbonyl (C=O) groups excluding carboxylic acids is 4. The van der Waals surface area contributed by atoms with Crippen LogP contribution in [0.2, 0.25) is 0 Å². The highest BCUT2D eigenvalue weighted by molar-refractivity contribution is 5.85. The number of hydrogen-bond donors (Lipinski definition) is 0. The molecule has 0 aromatic carbocycles. The number of unbranched alkanes of at least 4 members (excludes halogenated alkanes) is 1. The zero-order chi connectivity index (χ0) is 22.8. The molecule has 9 heteroatoms. The zero-order valence-electron chi connectivity index (χ0n) is 18.7. The number of hydrogen-bond acceptors (Lipinski definition) is 9. The molecule has 0 aromatic rings. The van der Waals surface area contributed by atoms with Gasteiger partial charge in [-0.2, -0.15) is 0 Å². The van der Waals surface area contributed by atoms with Crippen LogP contribution in [0, 0.1) is 0 Å². The van der Waals surface area contributed by atoms with Crippen molar-refractivity contribution in [1.82, 2.24) is 0 Å². The molecule has 0 aliphatic heterocycles. The minimum Gasteiger partial charge on any atom is -0.463 e. The van der Waals surface area contributed by atoms with E-state index in [0.717, 1.165) is 6.42 Å². The molecule has 0 spiro atoms. The molecular formula is C20H34O9. The molecule has 168 valence electrons. The van der Waals surface area contributed by atoms with Gasteiger partial charge in [0.1, 0.15) is 11.2 Å². The summed E-state index contributed by atoms with van der Waals surface area (Å²) >= 11 is 0. The smallest absolute Gasteiger partial charge is 0.463 e. The Morgan fingerprint density at radius 1 is 0.828 bits per heavy atom. The molecule has 9 nitrogen and oxygen atoms in total. The highest BCUT2D eigenvalue weighted by Crippen LogP contribution is 2.14. The lowest BCUT2D eigenvalue weighted by Gasteiger charge is -2.23. The third-order valence-corrected chi connectivity index (χ3v) is 3.03. The van der Waals surface area contributed by atoms with E-state index < -0.39 is 53.9 Å². The van der Waals surface area contributed by atoms with Crippen molar-refractivity contribution in [1.29, 1.82) is 0 Å². The van der Waals surface area contributed by atoms with Crippen LogP contribution in [0.25, 0.3) is 0 Å². The Labute approximate surface area is 172 Å². The van der Waals surface area contributed by atoms with Crippen LogP contribution in [0.5, 0.6) is 0 Å². The molecule has 0 unspecified atom stereocenters. The topological polar surface area (TPSA) is 114 Å². The predicted molar refractivity (Wildman–Crippen MR) is 103 cm³/mol. The van der Waals surface area contributed by atoms with Crippen molar-refractivity contribution in [3.63, 3.8) is 0 Å². The number of carbonyl (C=O) groups is 4. The molecule has 0 fully saturated rings. The summed E-state index contributed by atoms with van der Waals surface area (Å²) < 4.78 is 25.1. The first-order valence-corrected chi connectivity index (χ1v) is 9.63. The fourth-order valence-electron chi connectivity index (χ4n) is 1.80. The van der Waals surface area contributed by atoms with Crippen LogP contribution in [0.1, 0.15) is 74.7 Å². The second kappa shape index (κ2) is 11.6. The van der Waals surface area contributed by atoms with Gasteiger partial charge >= 0.3 is 24.1 Å². The van der Waals surface area contributed by atoms with E-state index in [-0.39, 0.29) is 6.61 Å². The fraction of sp³-hybridized carbons (Fsp3) is 0.800. The Hall–Kier alpha value is -2.32. The Morgan fingerprint density at radius 3 is 1.86 bits per heavy atom. The molecule has 0 aliphatic carbocycles. The average Bonchev–Trinajstić information content (AvgIpc) is 2.50. The van der Waals surface area contributed by atoms with Crippen LogP contribution in [0.15, 0.2) is 0 Å². The van der Waals surface area contributed by atoms with Crippen LogP contribution in [-0.4, -0.2) is 54.1 Å². The van der Waals surface area contributed by atoms with E-state index in [9.17, 15) is 19.2 Å².